The SMILES string of the molecule is CC(Sc1ccc(NC(=O)/C(=C/c2ccco2)NC(=O)c2ccccc2)cc1)C(=O)Nc1cccc(C(=O)O)c1. The van der Waals surface area contributed by atoms with Crippen molar-refractivity contribution in [1.82, 2.24) is 5.32 Å². The molecule has 4 aromatic rings. The lowest BCUT2D eigenvalue weighted by Crippen LogP contribution is -2.30. The van der Waals surface area contributed by atoms with E-state index in [0.29, 0.717) is 22.7 Å². The quantitative estimate of drug-likeness (QED) is 0.150. The Balaban J connectivity index is 1.38. The van der Waals surface area contributed by atoms with E-state index in [4.69, 9.17) is 9.52 Å². The second-order valence-electron chi connectivity index (χ2n) is 8.51. The van der Waals surface area contributed by atoms with Gasteiger partial charge in [0.2, 0.25) is 5.91 Å². The fraction of sp³-hybridized carbons (Fsp3) is 0.0667. The van der Waals surface area contributed by atoms with Gasteiger partial charge in [0.1, 0.15) is 11.5 Å². The van der Waals surface area contributed by atoms with Gasteiger partial charge in [0.25, 0.3) is 11.8 Å². The Morgan fingerprint density at radius 2 is 1.55 bits per heavy atom. The summed E-state index contributed by atoms with van der Waals surface area (Å²) in [5.41, 5.74) is 1.36. The molecule has 4 rings (SSSR count). The number of furan rings is 1. The van der Waals surface area contributed by atoms with Crippen molar-refractivity contribution in [3.05, 3.63) is 120 Å². The maximum Gasteiger partial charge on any atom is 0.335 e. The minimum absolute atomic E-state index is 0.000449. The van der Waals surface area contributed by atoms with E-state index in [1.807, 2.05) is 0 Å². The van der Waals surface area contributed by atoms with Gasteiger partial charge in [0, 0.05) is 27.9 Å². The van der Waals surface area contributed by atoms with Gasteiger partial charge in [-0.05, 0) is 73.7 Å². The van der Waals surface area contributed by atoms with Crippen LogP contribution in [-0.4, -0.2) is 34.0 Å². The van der Waals surface area contributed by atoms with Crippen LogP contribution < -0.4 is 16.0 Å². The van der Waals surface area contributed by atoms with E-state index < -0.39 is 23.0 Å². The number of carboxylic acid groups (broad SMARTS) is 1. The molecule has 3 amide bonds. The first-order valence-electron chi connectivity index (χ1n) is 12.1. The number of carbonyl (C=O) groups excluding carboxylic acids is 3. The molecule has 10 heteroatoms. The Morgan fingerprint density at radius 1 is 0.825 bits per heavy atom. The van der Waals surface area contributed by atoms with Crippen molar-refractivity contribution in [2.45, 2.75) is 17.1 Å². The van der Waals surface area contributed by atoms with E-state index in [1.54, 1.807) is 85.8 Å². The summed E-state index contributed by atoms with van der Waals surface area (Å²) in [6.07, 6.45) is 2.90. The molecule has 40 heavy (non-hydrogen) atoms. The number of rotatable bonds is 10. The van der Waals surface area contributed by atoms with Crippen molar-refractivity contribution >= 4 is 52.9 Å². The maximum absolute atomic E-state index is 13.1. The molecule has 1 atom stereocenters. The number of carbonyl (C=O) groups is 4. The summed E-state index contributed by atoms with van der Waals surface area (Å²) in [5, 5.41) is 16.8. The lowest BCUT2D eigenvalue weighted by atomic mass is 10.2. The standard InChI is InChI=1S/C30H25N3O6S/c1-19(27(34)32-23-10-5-9-21(17-23)30(37)38)40-25-14-12-22(13-15-25)31-29(36)26(18-24-11-6-16-39-24)33-28(35)20-7-3-2-4-8-20/h2-19H,1H3,(H,31,36)(H,32,34)(H,33,35)(H,37,38)/b26-18-. The largest absolute Gasteiger partial charge is 0.478 e. The summed E-state index contributed by atoms with van der Waals surface area (Å²) in [6.45, 7) is 1.73. The molecule has 0 radical (unpaired) electrons. The first-order valence-corrected chi connectivity index (χ1v) is 13.0. The van der Waals surface area contributed by atoms with Crippen LogP contribution in [-0.2, 0) is 9.59 Å². The second kappa shape index (κ2) is 13.1. The fourth-order valence-corrected chi connectivity index (χ4v) is 4.37. The molecule has 3 aromatic carbocycles. The third-order valence-corrected chi connectivity index (χ3v) is 6.64. The third kappa shape index (κ3) is 7.71. The summed E-state index contributed by atoms with van der Waals surface area (Å²) in [4.78, 5) is 50.3. The Labute approximate surface area is 234 Å². The van der Waals surface area contributed by atoms with Crippen LogP contribution in [0.4, 0.5) is 11.4 Å². The molecule has 0 fully saturated rings. The van der Waals surface area contributed by atoms with Crippen molar-refractivity contribution in [2.24, 2.45) is 0 Å². The minimum atomic E-state index is -1.08. The molecule has 1 unspecified atom stereocenters. The number of nitrogens with one attached hydrogen (secondary N) is 3. The van der Waals surface area contributed by atoms with Gasteiger partial charge in [-0.25, -0.2) is 4.79 Å². The molecule has 0 aliphatic heterocycles. The predicted molar refractivity (Wildman–Crippen MR) is 153 cm³/mol. The molecular weight excluding hydrogens is 530 g/mol. The average molecular weight is 556 g/mol. The van der Waals surface area contributed by atoms with Crippen LogP contribution >= 0.6 is 11.8 Å². The van der Waals surface area contributed by atoms with E-state index in [1.165, 1.54) is 36.2 Å². The summed E-state index contributed by atoms with van der Waals surface area (Å²) in [6, 6.07) is 24.8. The molecule has 1 aromatic heterocycles. The Kier molecular flexibility index (Phi) is 9.16. The highest BCUT2D eigenvalue weighted by molar-refractivity contribution is 8.00. The summed E-state index contributed by atoms with van der Waals surface area (Å²) in [5.74, 6) is -1.95. The van der Waals surface area contributed by atoms with E-state index in [-0.39, 0.29) is 17.2 Å². The molecular formula is C30H25N3O6S. The van der Waals surface area contributed by atoms with Gasteiger partial charge < -0.3 is 25.5 Å². The van der Waals surface area contributed by atoms with Gasteiger partial charge >= 0.3 is 5.97 Å². The van der Waals surface area contributed by atoms with Crippen molar-refractivity contribution in [2.75, 3.05) is 10.6 Å². The summed E-state index contributed by atoms with van der Waals surface area (Å²) < 4.78 is 5.31. The highest BCUT2D eigenvalue weighted by Gasteiger charge is 2.17. The van der Waals surface area contributed by atoms with E-state index >= 15 is 0 Å². The highest BCUT2D eigenvalue weighted by atomic mass is 32.2. The molecule has 0 aliphatic rings. The minimum Gasteiger partial charge on any atom is -0.478 e. The van der Waals surface area contributed by atoms with Crippen molar-refractivity contribution in [3.8, 4) is 0 Å². The van der Waals surface area contributed by atoms with Crippen LogP contribution in [0.2, 0.25) is 0 Å². The third-order valence-electron chi connectivity index (χ3n) is 5.53. The van der Waals surface area contributed by atoms with Crippen LogP contribution in [0.3, 0.4) is 0 Å². The number of hydrogen-bond donors (Lipinski definition) is 4. The zero-order valence-corrected chi connectivity index (χ0v) is 22.1. The zero-order valence-electron chi connectivity index (χ0n) is 21.3. The molecule has 4 N–H and O–H groups in total. The zero-order chi connectivity index (χ0) is 28.5. The number of benzene rings is 3. The fourth-order valence-electron chi connectivity index (χ4n) is 3.50. The molecule has 1 heterocycles. The van der Waals surface area contributed by atoms with Crippen LogP contribution in [0, 0.1) is 0 Å². The van der Waals surface area contributed by atoms with Crippen LogP contribution in [0.5, 0.6) is 0 Å². The van der Waals surface area contributed by atoms with Crippen LogP contribution in [0.15, 0.2) is 112 Å². The van der Waals surface area contributed by atoms with Gasteiger partial charge in [-0.15, -0.1) is 11.8 Å². The molecule has 202 valence electrons. The lowest BCUT2D eigenvalue weighted by molar-refractivity contribution is -0.115. The van der Waals surface area contributed by atoms with Crippen LogP contribution in [0.25, 0.3) is 6.08 Å². The van der Waals surface area contributed by atoms with Crippen molar-refractivity contribution in [1.29, 1.82) is 0 Å². The van der Waals surface area contributed by atoms with Gasteiger partial charge in [0.05, 0.1) is 17.1 Å². The smallest absolute Gasteiger partial charge is 0.335 e. The Hall–Kier alpha value is -5.09. The predicted octanol–water partition coefficient (Wildman–Crippen LogP) is 5.51. The second-order valence-corrected chi connectivity index (χ2v) is 9.92. The number of amides is 3. The van der Waals surface area contributed by atoms with Crippen molar-refractivity contribution in [3.63, 3.8) is 0 Å². The first-order chi connectivity index (χ1) is 19.3. The number of thioether (sulfide) groups is 1. The van der Waals surface area contributed by atoms with Gasteiger partial charge in [-0.3, -0.25) is 14.4 Å². The number of aromatic carboxylic acids is 1. The van der Waals surface area contributed by atoms with E-state index in [2.05, 4.69) is 16.0 Å². The van der Waals surface area contributed by atoms with Gasteiger partial charge in [-0.1, -0.05) is 24.3 Å². The molecule has 0 aliphatic carbocycles. The van der Waals surface area contributed by atoms with E-state index in [9.17, 15) is 19.2 Å². The van der Waals surface area contributed by atoms with Crippen LogP contribution in [0.1, 0.15) is 33.4 Å². The molecule has 0 saturated carbocycles. The number of hydrogen-bond acceptors (Lipinski definition) is 6. The highest BCUT2D eigenvalue weighted by Crippen LogP contribution is 2.26. The van der Waals surface area contributed by atoms with Gasteiger partial charge in [-0.2, -0.15) is 0 Å². The first kappa shape index (κ1) is 27.9. The average Bonchev–Trinajstić information content (AvgIpc) is 3.47. The Bertz CT molecular complexity index is 1530. The normalized spacial score (nSPS) is 11.8. The van der Waals surface area contributed by atoms with Crippen molar-refractivity contribution < 1.29 is 28.7 Å². The monoisotopic (exact) mass is 555 g/mol. The summed E-state index contributed by atoms with van der Waals surface area (Å²) >= 11 is 1.30. The summed E-state index contributed by atoms with van der Waals surface area (Å²) in [7, 11) is 0. The Morgan fingerprint density at radius 3 is 2.23 bits per heavy atom. The van der Waals surface area contributed by atoms with Gasteiger partial charge in [0.15, 0.2) is 0 Å². The number of carboxylic acids is 1. The lowest BCUT2D eigenvalue weighted by Gasteiger charge is -2.13. The number of anilines is 2. The molecule has 9 nitrogen and oxygen atoms in total. The maximum atomic E-state index is 13.1. The molecule has 0 spiro atoms. The topological polar surface area (TPSA) is 138 Å². The van der Waals surface area contributed by atoms with E-state index in [0.717, 1.165) is 4.90 Å². The molecule has 0 bridgehead atoms. The molecule has 0 saturated heterocycles.